The monoisotopic (exact) mass is 341 g/mol. The lowest BCUT2D eigenvalue weighted by Crippen LogP contribution is -2.18. The number of hydrogen-bond acceptors (Lipinski definition) is 4. The van der Waals surface area contributed by atoms with Crippen LogP contribution in [0.2, 0.25) is 0 Å². The van der Waals surface area contributed by atoms with Crippen molar-refractivity contribution in [2.24, 2.45) is 0 Å². The first-order chi connectivity index (χ1) is 12.1. The largest absolute Gasteiger partial charge is 0.466 e. The van der Waals surface area contributed by atoms with E-state index in [-0.39, 0.29) is 5.97 Å². The maximum absolute atomic E-state index is 11.3. The van der Waals surface area contributed by atoms with Gasteiger partial charge in [-0.2, -0.15) is 0 Å². The van der Waals surface area contributed by atoms with Crippen LogP contribution in [0.5, 0.6) is 0 Å². The summed E-state index contributed by atoms with van der Waals surface area (Å²) < 4.78 is 7.10. The summed E-state index contributed by atoms with van der Waals surface area (Å²) >= 11 is 0. The molecule has 134 valence electrons. The van der Waals surface area contributed by atoms with E-state index in [1.54, 1.807) is 6.08 Å². The number of nitrogens with zero attached hydrogens (tertiary/aromatic N) is 3. The fraction of sp³-hybridized carbons (Fsp3) is 0.500. The molecule has 1 aliphatic rings. The molecule has 0 amide bonds. The number of fused-ring (bicyclic) bond motifs is 1. The van der Waals surface area contributed by atoms with E-state index in [9.17, 15) is 4.79 Å². The molecule has 0 radical (unpaired) electrons. The number of aryl methyl sites for hydroxylation is 1. The molecule has 3 rings (SSSR count). The maximum Gasteiger partial charge on any atom is 0.330 e. The fourth-order valence-corrected chi connectivity index (χ4v) is 3.54. The predicted octanol–water partition coefficient (Wildman–Crippen LogP) is 3.44. The van der Waals surface area contributed by atoms with Crippen LogP contribution in [-0.4, -0.2) is 47.7 Å². The standard InChI is InChI=1S/C20H27N3O2/c1-4-5-6-19-21-17-13-15(8-10-20(24)25-3)7-9-18(17)23(19)16-11-12-22(2)14-16/h7-10,13,16H,4-6,11-12,14H2,1-3H3/b10-8+. The summed E-state index contributed by atoms with van der Waals surface area (Å²) in [5.41, 5.74) is 3.17. The lowest BCUT2D eigenvalue weighted by atomic mass is 10.1. The number of methoxy groups -OCH3 is 1. The number of ether oxygens (including phenoxy) is 1. The van der Waals surface area contributed by atoms with Crippen LogP contribution in [0.25, 0.3) is 17.1 Å². The highest BCUT2D eigenvalue weighted by Crippen LogP contribution is 2.29. The Balaban J connectivity index is 1.97. The van der Waals surface area contributed by atoms with Crippen molar-refractivity contribution in [1.82, 2.24) is 14.5 Å². The quantitative estimate of drug-likeness (QED) is 0.596. The van der Waals surface area contributed by atoms with Crippen LogP contribution >= 0.6 is 0 Å². The molecule has 0 aliphatic carbocycles. The minimum absolute atomic E-state index is 0.344. The molecule has 0 spiro atoms. The molecule has 1 aromatic heterocycles. The molecule has 0 bridgehead atoms. The van der Waals surface area contributed by atoms with E-state index in [2.05, 4.69) is 40.3 Å². The van der Waals surface area contributed by atoms with Crippen LogP contribution in [0.3, 0.4) is 0 Å². The van der Waals surface area contributed by atoms with Gasteiger partial charge in [-0.25, -0.2) is 9.78 Å². The number of aromatic nitrogens is 2. The van der Waals surface area contributed by atoms with Gasteiger partial charge in [0, 0.05) is 25.1 Å². The number of hydrogen-bond donors (Lipinski definition) is 0. The third-order valence-electron chi connectivity index (χ3n) is 4.89. The van der Waals surface area contributed by atoms with Crippen molar-refractivity contribution in [3.63, 3.8) is 0 Å². The molecule has 1 saturated heterocycles. The third-order valence-corrected chi connectivity index (χ3v) is 4.89. The minimum atomic E-state index is -0.344. The van der Waals surface area contributed by atoms with Gasteiger partial charge in [-0.1, -0.05) is 19.4 Å². The van der Waals surface area contributed by atoms with E-state index in [1.807, 2.05) is 6.07 Å². The maximum atomic E-state index is 11.3. The molecule has 0 saturated carbocycles. The molecule has 1 aliphatic heterocycles. The molecule has 2 heterocycles. The molecule has 1 aromatic carbocycles. The van der Waals surface area contributed by atoms with Crippen molar-refractivity contribution in [1.29, 1.82) is 0 Å². The van der Waals surface area contributed by atoms with Crippen LogP contribution in [0.15, 0.2) is 24.3 Å². The first-order valence-electron chi connectivity index (χ1n) is 9.07. The van der Waals surface area contributed by atoms with Gasteiger partial charge in [0.2, 0.25) is 0 Å². The molecule has 2 aromatic rings. The van der Waals surface area contributed by atoms with Gasteiger partial charge in [-0.15, -0.1) is 0 Å². The second kappa shape index (κ2) is 7.83. The second-order valence-corrected chi connectivity index (χ2v) is 6.81. The van der Waals surface area contributed by atoms with Crippen LogP contribution in [-0.2, 0) is 16.0 Å². The molecule has 1 atom stereocenters. The number of rotatable bonds is 6. The molecule has 0 N–H and O–H groups in total. The number of likely N-dealkylation sites (N-methyl/N-ethyl adjacent to an activating group) is 1. The van der Waals surface area contributed by atoms with Gasteiger partial charge in [0.15, 0.2) is 0 Å². The summed E-state index contributed by atoms with van der Waals surface area (Å²) in [5, 5.41) is 0. The number of esters is 1. The Labute approximate surface area is 149 Å². The Kier molecular flexibility index (Phi) is 5.53. The highest BCUT2D eigenvalue weighted by atomic mass is 16.5. The number of unbranched alkanes of at least 4 members (excludes halogenated alkanes) is 1. The lowest BCUT2D eigenvalue weighted by molar-refractivity contribution is -0.134. The Bertz CT molecular complexity index is 779. The van der Waals surface area contributed by atoms with Crippen molar-refractivity contribution >= 4 is 23.1 Å². The van der Waals surface area contributed by atoms with Gasteiger partial charge >= 0.3 is 5.97 Å². The Morgan fingerprint density at radius 3 is 2.96 bits per heavy atom. The number of likely N-dealkylation sites (tertiary alicyclic amines) is 1. The zero-order valence-electron chi connectivity index (χ0n) is 15.4. The molecule has 25 heavy (non-hydrogen) atoms. The van der Waals surface area contributed by atoms with E-state index in [4.69, 9.17) is 4.98 Å². The average molecular weight is 341 g/mol. The van der Waals surface area contributed by atoms with Crippen LogP contribution < -0.4 is 0 Å². The molecule has 1 unspecified atom stereocenters. The van der Waals surface area contributed by atoms with Crippen LogP contribution in [0.1, 0.15) is 43.6 Å². The SMILES string of the molecule is CCCCc1nc2cc(/C=C/C(=O)OC)ccc2n1C1CCN(C)C1. The highest BCUT2D eigenvalue weighted by molar-refractivity contribution is 5.88. The normalized spacial score (nSPS) is 18.4. The molecule has 1 fully saturated rings. The first kappa shape index (κ1) is 17.7. The van der Waals surface area contributed by atoms with Crippen molar-refractivity contribution in [2.45, 2.75) is 38.6 Å². The molecule has 5 heteroatoms. The molecule has 5 nitrogen and oxygen atoms in total. The van der Waals surface area contributed by atoms with Gasteiger partial charge in [-0.3, -0.25) is 0 Å². The summed E-state index contributed by atoms with van der Waals surface area (Å²) in [5.74, 6) is 0.842. The second-order valence-electron chi connectivity index (χ2n) is 6.81. The number of carbonyl (C=O) groups excluding carboxylic acids is 1. The highest BCUT2D eigenvalue weighted by Gasteiger charge is 2.25. The Hall–Kier alpha value is -2.14. The zero-order valence-corrected chi connectivity index (χ0v) is 15.4. The number of imidazole rings is 1. The summed E-state index contributed by atoms with van der Waals surface area (Å²) in [7, 11) is 3.57. The van der Waals surface area contributed by atoms with E-state index >= 15 is 0 Å². The van der Waals surface area contributed by atoms with Gasteiger partial charge in [-0.05, 0) is 50.2 Å². The van der Waals surface area contributed by atoms with Gasteiger partial charge in [0.1, 0.15) is 5.82 Å². The molecular formula is C20H27N3O2. The first-order valence-corrected chi connectivity index (χ1v) is 9.07. The van der Waals surface area contributed by atoms with Gasteiger partial charge < -0.3 is 14.2 Å². The topological polar surface area (TPSA) is 47.4 Å². The summed E-state index contributed by atoms with van der Waals surface area (Å²) in [6, 6.07) is 6.73. The Morgan fingerprint density at radius 1 is 1.44 bits per heavy atom. The van der Waals surface area contributed by atoms with E-state index in [1.165, 1.54) is 37.4 Å². The third kappa shape index (κ3) is 3.93. The number of benzene rings is 1. The van der Waals surface area contributed by atoms with E-state index < -0.39 is 0 Å². The summed E-state index contributed by atoms with van der Waals surface area (Å²) in [4.78, 5) is 18.6. The van der Waals surface area contributed by atoms with Gasteiger partial charge in [0.25, 0.3) is 0 Å². The van der Waals surface area contributed by atoms with Crippen molar-refractivity contribution in [2.75, 3.05) is 27.2 Å². The summed E-state index contributed by atoms with van der Waals surface area (Å²) in [6.45, 7) is 4.43. The fourth-order valence-electron chi connectivity index (χ4n) is 3.54. The van der Waals surface area contributed by atoms with E-state index in [0.29, 0.717) is 6.04 Å². The van der Waals surface area contributed by atoms with Gasteiger partial charge in [0.05, 0.1) is 18.1 Å². The Morgan fingerprint density at radius 2 is 2.28 bits per heavy atom. The van der Waals surface area contributed by atoms with Crippen molar-refractivity contribution < 1.29 is 9.53 Å². The predicted molar refractivity (Wildman–Crippen MR) is 101 cm³/mol. The smallest absolute Gasteiger partial charge is 0.330 e. The van der Waals surface area contributed by atoms with Crippen LogP contribution in [0, 0.1) is 0 Å². The van der Waals surface area contributed by atoms with E-state index in [0.717, 1.165) is 37.0 Å². The van der Waals surface area contributed by atoms with Crippen molar-refractivity contribution in [3.8, 4) is 0 Å². The minimum Gasteiger partial charge on any atom is -0.466 e. The average Bonchev–Trinajstić information content (AvgIpc) is 3.19. The lowest BCUT2D eigenvalue weighted by Gasteiger charge is -2.17. The summed E-state index contributed by atoms with van der Waals surface area (Å²) in [6.07, 6.45) is 7.73. The van der Waals surface area contributed by atoms with Crippen molar-refractivity contribution in [3.05, 3.63) is 35.7 Å². The van der Waals surface area contributed by atoms with Crippen LogP contribution in [0.4, 0.5) is 0 Å². The molecular weight excluding hydrogens is 314 g/mol. The zero-order chi connectivity index (χ0) is 17.8. The number of carbonyl (C=O) groups is 1.